The van der Waals surface area contributed by atoms with Crippen molar-refractivity contribution in [3.63, 3.8) is 0 Å². The molecule has 0 aliphatic rings. The van der Waals surface area contributed by atoms with Gasteiger partial charge in [-0.15, -0.1) is 0 Å². The molecular weight excluding hydrogens is 360 g/mol. The van der Waals surface area contributed by atoms with Gasteiger partial charge in [0.25, 0.3) is 5.91 Å². The second kappa shape index (κ2) is 10.1. The fourth-order valence-corrected chi connectivity index (χ4v) is 2.35. The zero-order valence-electron chi connectivity index (χ0n) is 16.1. The molecule has 0 saturated heterocycles. The average Bonchev–Trinajstić information content (AvgIpc) is 2.67. The minimum absolute atomic E-state index is 0.180. The van der Waals surface area contributed by atoms with Gasteiger partial charge >= 0.3 is 5.97 Å². The summed E-state index contributed by atoms with van der Waals surface area (Å²) in [5.74, 6) is -0.687. The molecule has 0 heterocycles. The minimum atomic E-state index is -0.990. The van der Waals surface area contributed by atoms with Crippen LogP contribution in [0, 0.1) is 0 Å². The number of anilines is 2. The Hall–Kier alpha value is -3.35. The van der Waals surface area contributed by atoms with Crippen molar-refractivity contribution < 1.29 is 23.9 Å². The monoisotopic (exact) mass is 384 g/mol. The van der Waals surface area contributed by atoms with Gasteiger partial charge in [0.15, 0.2) is 12.2 Å². The maximum atomic E-state index is 12.3. The van der Waals surface area contributed by atoms with E-state index in [1.165, 1.54) is 13.8 Å². The van der Waals surface area contributed by atoms with Crippen molar-refractivity contribution >= 4 is 29.2 Å². The summed E-state index contributed by atoms with van der Waals surface area (Å²) in [5.41, 5.74) is 1.14. The number of amides is 2. The van der Waals surface area contributed by atoms with E-state index in [4.69, 9.17) is 9.47 Å². The lowest BCUT2D eigenvalue weighted by atomic mass is 10.2. The van der Waals surface area contributed by atoms with E-state index >= 15 is 0 Å². The normalized spacial score (nSPS) is 12.4. The molecule has 7 nitrogen and oxygen atoms in total. The first-order chi connectivity index (χ1) is 13.4. The number of hydrogen-bond acceptors (Lipinski definition) is 5. The lowest BCUT2D eigenvalue weighted by Gasteiger charge is -2.19. The summed E-state index contributed by atoms with van der Waals surface area (Å²) in [5, 5.41) is 5.30. The van der Waals surface area contributed by atoms with Gasteiger partial charge in [0.2, 0.25) is 5.91 Å². The summed E-state index contributed by atoms with van der Waals surface area (Å²) in [6.45, 7) is 4.71. The van der Waals surface area contributed by atoms with Crippen LogP contribution in [0.15, 0.2) is 54.6 Å². The number of carbonyl (C=O) groups excluding carboxylic acids is 3. The van der Waals surface area contributed by atoms with Crippen molar-refractivity contribution in [2.24, 2.45) is 0 Å². The van der Waals surface area contributed by atoms with E-state index < -0.39 is 24.1 Å². The lowest BCUT2D eigenvalue weighted by molar-refractivity contribution is -0.160. The Bertz CT molecular complexity index is 805. The number of carbonyl (C=O) groups is 3. The molecular formula is C21H24N2O5. The number of benzene rings is 2. The quantitative estimate of drug-likeness (QED) is 0.681. The maximum absolute atomic E-state index is 12.3. The van der Waals surface area contributed by atoms with Crippen LogP contribution in [0.5, 0.6) is 5.75 Å². The van der Waals surface area contributed by atoms with Crippen LogP contribution in [0.2, 0.25) is 0 Å². The standard InChI is InChI=1S/C21H24N2O5/c1-4-19(28-18-8-6-5-7-9-18)21(26)27-14(2)20(25)23-17-12-10-16(11-13-17)22-15(3)24/h5-14,19H,4H2,1-3H3,(H,22,24)(H,23,25)/t14-,19-/m1/s1. The van der Waals surface area contributed by atoms with Gasteiger partial charge in [-0.25, -0.2) is 4.79 Å². The van der Waals surface area contributed by atoms with Crippen LogP contribution in [0.4, 0.5) is 11.4 Å². The van der Waals surface area contributed by atoms with Crippen LogP contribution >= 0.6 is 0 Å². The van der Waals surface area contributed by atoms with E-state index in [2.05, 4.69) is 10.6 Å². The van der Waals surface area contributed by atoms with Crippen LogP contribution in [-0.4, -0.2) is 30.0 Å². The summed E-state index contributed by atoms with van der Waals surface area (Å²) < 4.78 is 10.9. The third-order valence-electron chi connectivity index (χ3n) is 3.79. The molecule has 148 valence electrons. The maximum Gasteiger partial charge on any atom is 0.348 e. The largest absolute Gasteiger partial charge is 0.479 e. The van der Waals surface area contributed by atoms with Crippen LogP contribution in [0.3, 0.4) is 0 Å². The molecule has 0 saturated carbocycles. The zero-order chi connectivity index (χ0) is 20.5. The van der Waals surface area contributed by atoms with Gasteiger partial charge in [-0.05, 0) is 49.7 Å². The number of esters is 1. The number of para-hydroxylation sites is 1. The van der Waals surface area contributed by atoms with E-state index in [9.17, 15) is 14.4 Å². The summed E-state index contributed by atoms with van der Waals surface area (Å²) in [6.07, 6.45) is -1.38. The molecule has 0 aliphatic carbocycles. The number of ether oxygens (including phenoxy) is 2. The molecule has 0 spiro atoms. The molecule has 2 aromatic carbocycles. The van der Waals surface area contributed by atoms with E-state index in [1.54, 1.807) is 55.5 Å². The Kier molecular flexibility index (Phi) is 7.56. The van der Waals surface area contributed by atoms with Crippen LogP contribution < -0.4 is 15.4 Å². The van der Waals surface area contributed by atoms with Gasteiger partial charge in [0.05, 0.1) is 0 Å². The molecule has 0 bridgehead atoms. The van der Waals surface area contributed by atoms with Gasteiger partial charge in [-0.2, -0.15) is 0 Å². The van der Waals surface area contributed by atoms with E-state index in [0.29, 0.717) is 23.5 Å². The molecule has 2 atom stereocenters. The Morgan fingerprint density at radius 1 is 0.929 bits per heavy atom. The molecule has 2 N–H and O–H groups in total. The van der Waals surface area contributed by atoms with Crippen LogP contribution in [-0.2, 0) is 19.1 Å². The fourth-order valence-electron chi connectivity index (χ4n) is 2.35. The number of nitrogens with one attached hydrogen (secondary N) is 2. The Balaban J connectivity index is 1.89. The molecule has 28 heavy (non-hydrogen) atoms. The zero-order valence-corrected chi connectivity index (χ0v) is 16.1. The van der Waals surface area contributed by atoms with Crippen molar-refractivity contribution in [2.45, 2.75) is 39.4 Å². The molecule has 0 aromatic heterocycles. The first-order valence-electron chi connectivity index (χ1n) is 8.99. The first kappa shape index (κ1) is 21.0. The van der Waals surface area contributed by atoms with E-state index in [0.717, 1.165) is 0 Å². The Labute approximate surface area is 164 Å². The van der Waals surface area contributed by atoms with Gasteiger partial charge in [0, 0.05) is 18.3 Å². The minimum Gasteiger partial charge on any atom is -0.479 e. The molecule has 2 aromatic rings. The van der Waals surface area contributed by atoms with E-state index in [1.807, 2.05) is 6.07 Å². The van der Waals surface area contributed by atoms with Crippen LogP contribution in [0.25, 0.3) is 0 Å². The second-order valence-corrected chi connectivity index (χ2v) is 6.15. The van der Waals surface area contributed by atoms with E-state index in [-0.39, 0.29) is 5.91 Å². The van der Waals surface area contributed by atoms with Crippen molar-refractivity contribution in [1.29, 1.82) is 0 Å². The topological polar surface area (TPSA) is 93.7 Å². The number of rotatable bonds is 8. The van der Waals surface area contributed by atoms with Gasteiger partial charge in [-0.1, -0.05) is 25.1 Å². The highest BCUT2D eigenvalue weighted by Crippen LogP contribution is 2.16. The van der Waals surface area contributed by atoms with Gasteiger partial charge in [-0.3, -0.25) is 9.59 Å². The average molecular weight is 384 g/mol. The molecule has 0 unspecified atom stereocenters. The van der Waals surface area contributed by atoms with Crippen molar-refractivity contribution in [3.05, 3.63) is 54.6 Å². The first-order valence-corrected chi connectivity index (χ1v) is 8.99. The molecule has 0 aliphatic heterocycles. The smallest absolute Gasteiger partial charge is 0.348 e. The SMILES string of the molecule is CC[C@@H](Oc1ccccc1)C(=O)O[C@H](C)C(=O)Nc1ccc(NC(C)=O)cc1. The summed E-state index contributed by atoms with van der Waals surface area (Å²) in [4.78, 5) is 35.6. The predicted octanol–water partition coefficient (Wildman–Crippen LogP) is 3.37. The molecule has 7 heteroatoms. The van der Waals surface area contributed by atoms with Gasteiger partial charge < -0.3 is 20.1 Å². The molecule has 2 amide bonds. The Morgan fingerprint density at radius 2 is 1.50 bits per heavy atom. The number of hydrogen-bond donors (Lipinski definition) is 2. The van der Waals surface area contributed by atoms with Crippen molar-refractivity contribution in [3.8, 4) is 5.75 Å². The third-order valence-corrected chi connectivity index (χ3v) is 3.79. The summed E-state index contributed by atoms with van der Waals surface area (Å²) in [6, 6.07) is 15.6. The summed E-state index contributed by atoms with van der Waals surface area (Å²) >= 11 is 0. The van der Waals surface area contributed by atoms with Crippen molar-refractivity contribution in [1.82, 2.24) is 0 Å². The molecule has 0 fully saturated rings. The summed E-state index contributed by atoms with van der Waals surface area (Å²) in [7, 11) is 0. The third kappa shape index (κ3) is 6.42. The van der Waals surface area contributed by atoms with Gasteiger partial charge in [0.1, 0.15) is 5.75 Å². The Morgan fingerprint density at radius 3 is 2.04 bits per heavy atom. The highest BCUT2D eigenvalue weighted by Gasteiger charge is 2.25. The molecule has 2 rings (SSSR count). The fraction of sp³-hybridized carbons (Fsp3) is 0.286. The van der Waals surface area contributed by atoms with Crippen molar-refractivity contribution in [2.75, 3.05) is 10.6 Å². The highest BCUT2D eigenvalue weighted by molar-refractivity contribution is 5.96. The highest BCUT2D eigenvalue weighted by atomic mass is 16.6. The molecule has 0 radical (unpaired) electrons. The lowest BCUT2D eigenvalue weighted by Crippen LogP contribution is -2.36. The predicted molar refractivity (Wildman–Crippen MR) is 106 cm³/mol. The second-order valence-electron chi connectivity index (χ2n) is 6.15. The van der Waals surface area contributed by atoms with Crippen LogP contribution in [0.1, 0.15) is 27.2 Å².